The number of rotatable bonds is 2. The number of amides is 1. The second-order valence-electron chi connectivity index (χ2n) is 3.80. The summed E-state index contributed by atoms with van der Waals surface area (Å²) in [5.41, 5.74) is 0. The van der Waals surface area contributed by atoms with Crippen LogP contribution in [0.4, 0.5) is 0 Å². The Morgan fingerprint density at radius 3 is 2.14 bits per heavy atom. The van der Waals surface area contributed by atoms with Gasteiger partial charge in [0.25, 0.3) is 0 Å². The summed E-state index contributed by atoms with van der Waals surface area (Å²) in [6.07, 6.45) is 6.47. The Morgan fingerprint density at radius 2 is 1.71 bits per heavy atom. The quantitative estimate of drug-likeness (QED) is 0.728. The van der Waals surface area contributed by atoms with Gasteiger partial charge in [-0.3, -0.25) is 4.79 Å². The molecule has 0 bridgehead atoms. The molecule has 1 saturated carbocycles. The van der Waals surface area contributed by atoms with Gasteiger partial charge in [-0.05, 0) is 18.8 Å². The summed E-state index contributed by atoms with van der Waals surface area (Å²) in [6, 6.07) is 0. The molecule has 14 heavy (non-hydrogen) atoms. The molecule has 1 N–H and O–H groups in total. The highest BCUT2D eigenvalue weighted by atomic mass is 16.1. The lowest BCUT2D eigenvalue weighted by Crippen LogP contribution is -2.31. The molecule has 2 heteroatoms. The molecule has 1 rings (SSSR count). The molecule has 0 heterocycles. The molecule has 0 aromatic rings. The van der Waals surface area contributed by atoms with Crippen molar-refractivity contribution in [3.63, 3.8) is 0 Å². The van der Waals surface area contributed by atoms with Crippen LogP contribution in [0.2, 0.25) is 0 Å². The Balaban J connectivity index is 0.000000791. The average molecular weight is 199 g/mol. The first kappa shape index (κ1) is 13.5. The zero-order chi connectivity index (χ0) is 11.0. The Bertz CT molecular complexity index is 150. The molecule has 0 aliphatic heterocycles. The third-order valence-electron chi connectivity index (χ3n) is 3.02. The van der Waals surface area contributed by atoms with Crippen molar-refractivity contribution < 1.29 is 4.79 Å². The minimum Gasteiger partial charge on any atom is -0.359 e. The molecule has 0 spiro atoms. The lowest BCUT2D eigenvalue weighted by Gasteiger charge is -2.26. The van der Waals surface area contributed by atoms with Gasteiger partial charge in [0.05, 0.1) is 0 Å². The number of hydrogen-bond donors (Lipinski definition) is 1. The predicted molar refractivity (Wildman–Crippen MR) is 61.2 cm³/mol. The van der Waals surface area contributed by atoms with Crippen molar-refractivity contribution in [2.24, 2.45) is 11.8 Å². The van der Waals surface area contributed by atoms with Gasteiger partial charge in [0.1, 0.15) is 0 Å². The van der Waals surface area contributed by atoms with Gasteiger partial charge in [-0.1, -0.05) is 40.0 Å². The summed E-state index contributed by atoms with van der Waals surface area (Å²) in [7, 11) is 1.72. The van der Waals surface area contributed by atoms with Crippen LogP contribution in [-0.2, 0) is 4.79 Å². The van der Waals surface area contributed by atoms with Crippen LogP contribution < -0.4 is 5.32 Å². The van der Waals surface area contributed by atoms with Gasteiger partial charge in [-0.2, -0.15) is 0 Å². The zero-order valence-electron chi connectivity index (χ0n) is 10.1. The van der Waals surface area contributed by atoms with E-state index in [1.54, 1.807) is 7.05 Å². The summed E-state index contributed by atoms with van der Waals surface area (Å²) >= 11 is 0. The topological polar surface area (TPSA) is 29.1 Å². The maximum atomic E-state index is 11.3. The molecule has 2 nitrogen and oxygen atoms in total. The van der Waals surface area contributed by atoms with Gasteiger partial charge >= 0.3 is 0 Å². The van der Waals surface area contributed by atoms with E-state index >= 15 is 0 Å². The third kappa shape index (κ3) is 4.12. The average Bonchev–Trinajstić information content (AvgIpc) is 2.31. The van der Waals surface area contributed by atoms with E-state index < -0.39 is 0 Å². The van der Waals surface area contributed by atoms with Crippen LogP contribution in [0, 0.1) is 11.8 Å². The second kappa shape index (κ2) is 7.84. The van der Waals surface area contributed by atoms with Gasteiger partial charge < -0.3 is 5.32 Å². The maximum absolute atomic E-state index is 11.3. The van der Waals surface area contributed by atoms with Gasteiger partial charge in [0, 0.05) is 13.0 Å². The van der Waals surface area contributed by atoms with Crippen LogP contribution in [0.25, 0.3) is 0 Å². The number of hydrogen-bond acceptors (Lipinski definition) is 1. The molecule has 0 saturated heterocycles. The lowest BCUT2D eigenvalue weighted by molar-refractivity contribution is -0.125. The number of carbonyl (C=O) groups is 1. The minimum absolute atomic E-state index is 0.210. The fourth-order valence-electron chi connectivity index (χ4n) is 2.08. The highest BCUT2D eigenvalue weighted by Crippen LogP contribution is 2.29. The summed E-state index contributed by atoms with van der Waals surface area (Å²) in [5.74, 6) is 1.07. The number of nitrogens with one attached hydrogen (secondary N) is 1. The first-order valence-electron chi connectivity index (χ1n) is 5.97. The van der Waals surface area contributed by atoms with Crippen molar-refractivity contribution >= 4 is 5.91 Å². The highest BCUT2D eigenvalue weighted by Gasteiger charge is 2.24. The molecule has 1 unspecified atom stereocenters. The van der Waals surface area contributed by atoms with E-state index in [9.17, 15) is 4.79 Å². The second-order valence-corrected chi connectivity index (χ2v) is 3.80. The van der Waals surface area contributed by atoms with Gasteiger partial charge in [0.2, 0.25) is 5.91 Å². The molecule has 1 atom stereocenters. The van der Waals surface area contributed by atoms with E-state index in [0.717, 1.165) is 0 Å². The van der Waals surface area contributed by atoms with Gasteiger partial charge in [0.15, 0.2) is 0 Å². The van der Waals surface area contributed by atoms with E-state index in [0.29, 0.717) is 5.92 Å². The van der Waals surface area contributed by atoms with Crippen molar-refractivity contribution in [1.29, 1.82) is 0 Å². The largest absolute Gasteiger partial charge is 0.359 e. The van der Waals surface area contributed by atoms with E-state index in [4.69, 9.17) is 0 Å². The normalized spacial score (nSPS) is 19.1. The Hall–Kier alpha value is -0.530. The lowest BCUT2D eigenvalue weighted by atomic mass is 9.80. The summed E-state index contributed by atoms with van der Waals surface area (Å²) in [4.78, 5) is 11.3. The Kier molecular flexibility index (Phi) is 7.54. The van der Waals surface area contributed by atoms with Gasteiger partial charge in [-0.25, -0.2) is 0 Å². The van der Waals surface area contributed by atoms with Crippen LogP contribution in [-0.4, -0.2) is 13.0 Å². The van der Waals surface area contributed by atoms with E-state index in [1.165, 1.54) is 32.1 Å². The summed E-state index contributed by atoms with van der Waals surface area (Å²) < 4.78 is 0. The first-order valence-corrected chi connectivity index (χ1v) is 5.97. The standard InChI is InChI=1S/C10H19NO.C2H6/c1-8(10(12)11-2)9-6-4-3-5-7-9;1-2/h8-9H,3-7H2,1-2H3,(H,11,12);1-2H3. The van der Waals surface area contributed by atoms with Crippen molar-refractivity contribution in [2.45, 2.75) is 52.9 Å². The molecule has 84 valence electrons. The molecule has 1 aliphatic carbocycles. The van der Waals surface area contributed by atoms with Gasteiger partial charge in [-0.15, -0.1) is 0 Å². The molecule has 0 radical (unpaired) electrons. The van der Waals surface area contributed by atoms with E-state index in [-0.39, 0.29) is 11.8 Å². The fourth-order valence-corrected chi connectivity index (χ4v) is 2.08. The van der Waals surface area contributed by atoms with E-state index in [1.807, 2.05) is 13.8 Å². The van der Waals surface area contributed by atoms with Crippen LogP contribution in [0.5, 0.6) is 0 Å². The Labute approximate surface area is 88.5 Å². The van der Waals surface area contributed by atoms with Crippen LogP contribution >= 0.6 is 0 Å². The predicted octanol–water partition coefficient (Wildman–Crippen LogP) is 2.98. The highest BCUT2D eigenvalue weighted by molar-refractivity contribution is 5.78. The van der Waals surface area contributed by atoms with Crippen molar-refractivity contribution in [1.82, 2.24) is 5.32 Å². The molecular weight excluding hydrogens is 174 g/mol. The first-order chi connectivity index (χ1) is 6.75. The molecule has 1 fully saturated rings. The Morgan fingerprint density at radius 1 is 1.21 bits per heavy atom. The number of carbonyl (C=O) groups excluding carboxylic acids is 1. The van der Waals surface area contributed by atoms with Crippen molar-refractivity contribution in [3.05, 3.63) is 0 Å². The maximum Gasteiger partial charge on any atom is 0.222 e. The minimum atomic E-state index is 0.210. The molecule has 1 amide bonds. The van der Waals surface area contributed by atoms with Crippen LogP contribution in [0.3, 0.4) is 0 Å². The van der Waals surface area contributed by atoms with Crippen LogP contribution in [0.15, 0.2) is 0 Å². The molecule has 0 aromatic carbocycles. The summed E-state index contributed by atoms with van der Waals surface area (Å²) in [6.45, 7) is 6.05. The molecule has 0 aromatic heterocycles. The fraction of sp³-hybridized carbons (Fsp3) is 0.917. The van der Waals surface area contributed by atoms with Crippen LogP contribution in [0.1, 0.15) is 52.9 Å². The SMILES string of the molecule is CC.CNC(=O)C(C)C1CCCCC1. The molecule has 1 aliphatic rings. The molecular formula is C12H25NO. The van der Waals surface area contributed by atoms with Crippen molar-refractivity contribution in [2.75, 3.05) is 7.05 Å². The zero-order valence-corrected chi connectivity index (χ0v) is 10.1. The monoisotopic (exact) mass is 199 g/mol. The van der Waals surface area contributed by atoms with Crippen molar-refractivity contribution in [3.8, 4) is 0 Å². The third-order valence-corrected chi connectivity index (χ3v) is 3.02. The van der Waals surface area contributed by atoms with E-state index in [2.05, 4.69) is 12.2 Å². The summed E-state index contributed by atoms with van der Waals surface area (Å²) in [5, 5.41) is 2.72. The smallest absolute Gasteiger partial charge is 0.222 e.